The lowest BCUT2D eigenvalue weighted by Gasteiger charge is -2.26. The summed E-state index contributed by atoms with van der Waals surface area (Å²) >= 11 is 1.02. The number of thiophene rings is 1. The Hall–Kier alpha value is -2.63. The summed E-state index contributed by atoms with van der Waals surface area (Å²) in [5.41, 5.74) is -0.724. The molecule has 2 aromatic rings. The van der Waals surface area contributed by atoms with E-state index in [2.05, 4.69) is 5.32 Å². The van der Waals surface area contributed by atoms with E-state index in [1.807, 2.05) is 0 Å². The number of piperazine rings is 1. The van der Waals surface area contributed by atoms with Gasteiger partial charge in [-0.05, 0) is 25.3 Å². The number of alkyl halides is 3. The lowest BCUT2D eigenvalue weighted by atomic mass is 10.2. The van der Waals surface area contributed by atoms with Crippen LogP contribution in [0.25, 0.3) is 10.2 Å². The smallest absolute Gasteiger partial charge is 0.346 e. The number of nitrogens with one attached hydrogen (secondary N) is 1. The van der Waals surface area contributed by atoms with E-state index >= 15 is 0 Å². The average Bonchev–Trinajstić information content (AvgIpc) is 3.43. The molecule has 3 heterocycles. The summed E-state index contributed by atoms with van der Waals surface area (Å²) in [6.45, 7) is 1.69. The molecule has 0 bridgehead atoms. The Bertz CT molecular complexity index is 1160. The first-order valence-corrected chi connectivity index (χ1v) is 10.3. The van der Waals surface area contributed by atoms with Crippen molar-refractivity contribution >= 4 is 33.4 Å². The van der Waals surface area contributed by atoms with Gasteiger partial charge in [-0.1, -0.05) is 0 Å². The maximum Gasteiger partial charge on any atom is 0.390 e. The highest BCUT2D eigenvalue weighted by molar-refractivity contribution is 7.18. The molecule has 0 unspecified atom stereocenters. The number of amides is 2. The van der Waals surface area contributed by atoms with Crippen molar-refractivity contribution in [1.29, 1.82) is 0 Å². The zero-order valence-electron chi connectivity index (χ0n) is 16.0. The van der Waals surface area contributed by atoms with Gasteiger partial charge >= 0.3 is 23.7 Å². The fourth-order valence-electron chi connectivity index (χ4n) is 3.60. The molecule has 4 rings (SSSR count). The van der Waals surface area contributed by atoms with Crippen LogP contribution in [0, 0.1) is 6.92 Å². The lowest BCUT2D eigenvalue weighted by Crippen LogP contribution is -2.51. The SMILES string of the molecule is Cc1c(CN2CCNC(=O)C2=O)sc2c1c(=O)n(C1CC1)c(=O)n2CCC(F)(F)F. The number of halogens is 3. The van der Waals surface area contributed by atoms with Gasteiger partial charge in [0.15, 0.2) is 0 Å². The normalized spacial score (nSPS) is 17.7. The molecule has 30 heavy (non-hydrogen) atoms. The van der Waals surface area contributed by atoms with Gasteiger partial charge in [0, 0.05) is 30.6 Å². The summed E-state index contributed by atoms with van der Waals surface area (Å²) in [6.07, 6.45) is -4.38. The van der Waals surface area contributed by atoms with Crippen LogP contribution in [0.2, 0.25) is 0 Å². The maximum atomic E-state index is 13.0. The Kier molecular flexibility index (Phi) is 4.99. The van der Waals surface area contributed by atoms with Crippen LogP contribution in [0.15, 0.2) is 9.59 Å². The van der Waals surface area contributed by atoms with Gasteiger partial charge in [-0.2, -0.15) is 13.2 Å². The average molecular weight is 444 g/mol. The number of rotatable bonds is 5. The van der Waals surface area contributed by atoms with Gasteiger partial charge in [-0.25, -0.2) is 4.79 Å². The molecule has 1 aliphatic heterocycles. The van der Waals surface area contributed by atoms with Crippen LogP contribution >= 0.6 is 11.3 Å². The molecule has 162 valence electrons. The Labute approximate surface area is 171 Å². The highest BCUT2D eigenvalue weighted by atomic mass is 32.1. The fraction of sp³-hybridized carbons (Fsp3) is 0.556. The number of carbonyl (C=O) groups is 2. The van der Waals surface area contributed by atoms with Crippen LogP contribution in [-0.2, 0) is 22.7 Å². The zero-order valence-corrected chi connectivity index (χ0v) is 16.9. The number of nitrogens with zero attached hydrogens (tertiary/aromatic N) is 3. The van der Waals surface area contributed by atoms with E-state index in [1.165, 1.54) is 4.90 Å². The summed E-state index contributed by atoms with van der Waals surface area (Å²) in [7, 11) is 0. The standard InChI is InChI=1S/C18H19F3N4O4S/c1-9-11(8-23-7-5-22-13(26)15(23)28)30-16-12(9)14(27)25(10-2-3-10)17(29)24(16)6-4-18(19,20)21/h10H,2-8H2,1H3,(H,22,26). The van der Waals surface area contributed by atoms with Crippen molar-refractivity contribution in [3.63, 3.8) is 0 Å². The summed E-state index contributed by atoms with van der Waals surface area (Å²) < 4.78 is 40.6. The minimum atomic E-state index is -4.45. The largest absolute Gasteiger partial charge is 0.390 e. The number of hydrogen-bond acceptors (Lipinski definition) is 5. The molecule has 2 aromatic heterocycles. The summed E-state index contributed by atoms with van der Waals surface area (Å²) in [4.78, 5) is 51.6. The highest BCUT2D eigenvalue weighted by Crippen LogP contribution is 2.35. The molecule has 1 aliphatic carbocycles. The van der Waals surface area contributed by atoms with E-state index in [-0.39, 0.29) is 29.3 Å². The first kappa shape index (κ1) is 20.6. The Morgan fingerprint density at radius 3 is 2.50 bits per heavy atom. The van der Waals surface area contributed by atoms with Crippen molar-refractivity contribution in [2.24, 2.45) is 0 Å². The third kappa shape index (κ3) is 3.64. The molecule has 0 radical (unpaired) electrons. The molecule has 1 N–H and O–H groups in total. The molecule has 1 saturated carbocycles. The van der Waals surface area contributed by atoms with Gasteiger partial charge in [0.1, 0.15) is 4.83 Å². The summed E-state index contributed by atoms with van der Waals surface area (Å²) in [5, 5.41) is 2.65. The molecule has 2 aliphatic rings. The maximum absolute atomic E-state index is 13.0. The first-order valence-electron chi connectivity index (χ1n) is 9.49. The molecule has 8 nitrogen and oxygen atoms in total. The monoisotopic (exact) mass is 444 g/mol. The quantitative estimate of drug-likeness (QED) is 0.704. The number of aromatic nitrogens is 2. The predicted octanol–water partition coefficient (Wildman–Crippen LogP) is 1.28. The summed E-state index contributed by atoms with van der Waals surface area (Å²) in [6, 6.07) is -0.290. The Balaban J connectivity index is 1.83. The second kappa shape index (κ2) is 7.25. The molecule has 12 heteroatoms. The van der Waals surface area contributed by atoms with E-state index in [1.54, 1.807) is 6.92 Å². The third-order valence-electron chi connectivity index (χ3n) is 5.36. The van der Waals surface area contributed by atoms with Crippen LogP contribution < -0.4 is 16.6 Å². The number of aryl methyl sites for hydroxylation is 2. The molecular formula is C18H19F3N4O4S. The molecular weight excluding hydrogens is 425 g/mol. The van der Waals surface area contributed by atoms with Gasteiger partial charge in [0.05, 0.1) is 18.4 Å². The van der Waals surface area contributed by atoms with E-state index < -0.39 is 42.2 Å². The Morgan fingerprint density at radius 2 is 1.87 bits per heavy atom. The lowest BCUT2D eigenvalue weighted by molar-refractivity contribution is -0.148. The van der Waals surface area contributed by atoms with Crippen molar-refractivity contribution in [2.75, 3.05) is 13.1 Å². The van der Waals surface area contributed by atoms with Gasteiger partial charge < -0.3 is 10.2 Å². The zero-order chi connectivity index (χ0) is 21.8. The summed E-state index contributed by atoms with van der Waals surface area (Å²) in [5.74, 6) is -1.43. The van der Waals surface area contributed by atoms with Gasteiger partial charge in [0.25, 0.3) is 5.56 Å². The second-order valence-electron chi connectivity index (χ2n) is 7.52. The van der Waals surface area contributed by atoms with Crippen LogP contribution in [-0.4, -0.2) is 45.1 Å². The minimum absolute atomic E-state index is 0.0494. The van der Waals surface area contributed by atoms with Crippen molar-refractivity contribution < 1.29 is 22.8 Å². The number of carbonyl (C=O) groups excluding carboxylic acids is 2. The molecule has 0 spiro atoms. The highest BCUT2D eigenvalue weighted by Gasteiger charge is 2.33. The topological polar surface area (TPSA) is 93.4 Å². The van der Waals surface area contributed by atoms with Crippen LogP contribution in [0.1, 0.15) is 35.7 Å². The van der Waals surface area contributed by atoms with Crippen LogP contribution in [0.5, 0.6) is 0 Å². The fourth-order valence-corrected chi connectivity index (χ4v) is 4.93. The molecule has 2 amide bonds. The van der Waals surface area contributed by atoms with Crippen molar-refractivity contribution in [1.82, 2.24) is 19.4 Å². The van der Waals surface area contributed by atoms with Gasteiger partial charge in [0.2, 0.25) is 0 Å². The van der Waals surface area contributed by atoms with E-state index in [9.17, 15) is 32.3 Å². The van der Waals surface area contributed by atoms with Crippen LogP contribution in [0.4, 0.5) is 13.2 Å². The second-order valence-corrected chi connectivity index (χ2v) is 8.60. The number of hydrogen-bond donors (Lipinski definition) is 1. The molecule has 2 fully saturated rings. The molecule has 1 saturated heterocycles. The first-order chi connectivity index (χ1) is 14.1. The van der Waals surface area contributed by atoms with E-state index in [0.717, 1.165) is 20.5 Å². The number of fused-ring (bicyclic) bond motifs is 1. The van der Waals surface area contributed by atoms with Crippen molar-refractivity contribution in [2.45, 2.75) is 51.5 Å². The van der Waals surface area contributed by atoms with Crippen molar-refractivity contribution in [3.8, 4) is 0 Å². The van der Waals surface area contributed by atoms with Gasteiger partial charge in [-0.15, -0.1) is 11.3 Å². The van der Waals surface area contributed by atoms with Crippen molar-refractivity contribution in [3.05, 3.63) is 31.3 Å². The third-order valence-corrected chi connectivity index (χ3v) is 6.66. The van der Waals surface area contributed by atoms with Crippen LogP contribution in [0.3, 0.4) is 0 Å². The minimum Gasteiger partial charge on any atom is -0.346 e. The predicted molar refractivity (Wildman–Crippen MR) is 102 cm³/mol. The molecule has 0 aromatic carbocycles. The van der Waals surface area contributed by atoms with Gasteiger partial charge in [-0.3, -0.25) is 23.5 Å². The van der Waals surface area contributed by atoms with E-state index in [0.29, 0.717) is 29.8 Å². The Morgan fingerprint density at radius 1 is 1.17 bits per heavy atom. The molecule has 0 atom stereocenters. The van der Waals surface area contributed by atoms with E-state index in [4.69, 9.17) is 0 Å².